The molecule has 0 fully saturated rings. The topological polar surface area (TPSA) is 111 Å². The van der Waals surface area contributed by atoms with Crippen molar-refractivity contribution < 1.29 is 28.7 Å². The van der Waals surface area contributed by atoms with E-state index in [1.54, 1.807) is 30.3 Å². The molecule has 2 aromatic carbocycles. The lowest BCUT2D eigenvalue weighted by Gasteiger charge is -2.09. The van der Waals surface area contributed by atoms with Crippen LogP contribution < -0.4 is 10.6 Å². The first-order chi connectivity index (χ1) is 16.1. The first-order valence-electron chi connectivity index (χ1n) is 10.6. The molecule has 10 heteroatoms. The number of nitrogens with one attached hydrogen (secondary N) is 2. The van der Waals surface area contributed by atoms with E-state index in [-0.39, 0.29) is 36.1 Å². The van der Waals surface area contributed by atoms with Crippen molar-refractivity contribution >= 4 is 58.3 Å². The van der Waals surface area contributed by atoms with E-state index in [9.17, 15) is 19.2 Å². The largest absolute Gasteiger partial charge is 0.462 e. The maximum Gasteiger partial charge on any atom is 0.338 e. The molecular weight excluding hydrogens is 483 g/mol. The number of ether oxygens (including phenoxy) is 2. The molecule has 0 aromatic heterocycles. The third-order valence-corrected chi connectivity index (χ3v) is 5.04. The predicted molar refractivity (Wildman–Crippen MR) is 130 cm³/mol. The van der Waals surface area contributed by atoms with E-state index in [4.69, 9.17) is 32.7 Å². The molecule has 2 amide bonds. The summed E-state index contributed by atoms with van der Waals surface area (Å²) in [5, 5.41) is 5.87. The molecule has 34 heavy (non-hydrogen) atoms. The number of carbonyl (C=O) groups is 4. The highest BCUT2D eigenvalue weighted by molar-refractivity contribution is 6.42. The van der Waals surface area contributed by atoms with Gasteiger partial charge < -0.3 is 20.1 Å². The van der Waals surface area contributed by atoms with Gasteiger partial charge in [0.25, 0.3) is 5.91 Å². The Kier molecular flexibility index (Phi) is 10.8. The smallest absolute Gasteiger partial charge is 0.338 e. The van der Waals surface area contributed by atoms with Crippen molar-refractivity contribution in [3.8, 4) is 0 Å². The predicted octanol–water partition coefficient (Wildman–Crippen LogP) is 5.10. The van der Waals surface area contributed by atoms with Gasteiger partial charge in [-0.1, -0.05) is 37.0 Å². The van der Waals surface area contributed by atoms with Gasteiger partial charge in [-0.25, -0.2) is 4.79 Å². The van der Waals surface area contributed by atoms with E-state index in [1.165, 1.54) is 12.1 Å². The first-order valence-corrected chi connectivity index (χ1v) is 11.4. The SMILES string of the molecule is CC(C)COC(=O)c1ccc(NC(=O)CCCC(=O)OCC(=O)Nc2ccc(Cl)c(Cl)c2)cc1. The number of benzene rings is 2. The van der Waals surface area contributed by atoms with Crippen LogP contribution in [-0.4, -0.2) is 37.0 Å². The molecule has 2 N–H and O–H groups in total. The summed E-state index contributed by atoms with van der Waals surface area (Å²) in [7, 11) is 0. The molecule has 182 valence electrons. The Morgan fingerprint density at radius 3 is 2.12 bits per heavy atom. The molecule has 0 saturated heterocycles. The minimum atomic E-state index is -0.596. The quantitative estimate of drug-likeness (QED) is 0.408. The summed E-state index contributed by atoms with van der Waals surface area (Å²) >= 11 is 11.7. The molecule has 8 nitrogen and oxygen atoms in total. The Labute approximate surface area is 207 Å². The van der Waals surface area contributed by atoms with Gasteiger partial charge in [0.1, 0.15) is 0 Å². The van der Waals surface area contributed by atoms with Crippen molar-refractivity contribution in [1.82, 2.24) is 0 Å². The first kappa shape index (κ1) is 27.1. The summed E-state index contributed by atoms with van der Waals surface area (Å²) in [5.41, 5.74) is 1.34. The number of rotatable bonds is 11. The van der Waals surface area contributed by atoms with Crippen molar-refractivity contribution in [1.29, 1.82) is 0 Å². The van der Waals surface area contributed by atoms with Crippen LogP contribution in [0.25, 0.3) is 0 Å². The molecule has 2 rings (SSSR count). The molecule has 0 spiro atoms. The van der Waals surface area contributed by atoms with Gasteiger partial charge in [-0.05, 0) is 54.8 Å². The second-order valence-corrected chi connectivity index (χ2v) is 8.62. The Hall–Kier alpha value is -3.10. The number of hydrogen-bond acceptors (Lipinski definition) is 6. The van der Waals surface area contributed by atoms with E-state index in [2.05, 4.69) is 10.6 Å². The number of halogens is 2. The monoisotopic (exact) mass is 508 g/mol. The van der Waals surface area contributed by atoms with Gasteiger partial charge in [-0.3, -0.25) is 14.4 Å². The summed E-state index contributed by atoms with van der Waals surface area (Å²) in [5.74, 6) is -1.59. The minimum absolute atomic E-state index is 0.0197. The Bertz CT molecular complexity index is 1020. The van der Waals surface area contributed by atoms with Crippen LogP contribution in [0, 0.1) is 5.92 Å². The van der Waals surface area contributed by atoms with Crippen LogP contribution in [0.15, 0.2) is 42.5 Å². The van der Waals surface area contributed by atoms with E-state index in [0.29, 0.717) is 28.6 Å². The van der Waals surface area contributed by atoms with E-state index < -0.39 is 24.5 Å². The molecule has 0 saturated carbocycles. The number of carbonyl (C=O) groups excluding carboxylic acids is 4. The molecule has 0 aliphatic rings. The van der Waals surface area contributed by atoms with Crippen LogP contribution in [0.1, 0.15) is 43.5 Å². The zero-order valence-electron chi connectivity index (χ0n) is 18.9. The molecule has 0 aliphatic heterocycles. The van der Waals surface area contributed by atoms with E-state index in [0.717, 1.165) is 0 Å². The maximum atomic E-state index is 12.1. The Morgan fingerprint density at radius 1 is 0.824 bits per heavy atom. The minimum Gasteiger partial charge on any atom is -0.462 e. The molecular formula is C24H26Cl2N2O6. The average Bonchev–Trinajstić information content (AvgIpc) is 2.79. The van der Waals surface area contributed by atoms with Gasteiger partial charge in [-0.15, -0.1) is 0 Å². The van der Waals surface area contributed by atoms with Crippen molar-refractivity contribution in [2.24, 2.45) is 5.92 Å². The lowest BCUT2D eigenvalue weighted by atomic mass is 10.2. The average molecular weight is 509 g/mol. The fraction of sp³-hybridized carbons (Fsp3) is 0.333. The van der Waals surface area contributed by atoms with E-state index >= 15 is 0 Å². The molecule has 0 bridgehead atoms. The highest BCUT2D eigenvalue weighted by Crippen LogP contribution is 2.24. The van der Waals surface area contributed by atoms with Gasteiger partial charge in [0.15, 0.2) is 6.61 Å². The summed E-state index contributed by atoms with van der Waals surface area (Å²) in [6.07, 6.45) is 0.315. The van der Waals surface area contributed by atoms with Crippen LogP contribution in [0.4, 0.5) is 11.4 Å². The number of anilines is 2. The van der Waals surface area contributed by atoms with Crippen molar-refractivity contribution in [2.75, 3.05) is 23.8 Å². The highest BCUT2D eigenvalue weighted by Gasteiger charge is 2.12. The second kappa shape index (κ2) is 13.6. The normalized spacial score (nSPS) is 10.5. The summed E-state index contributed by atoms with van der Waals surface area (Å²) in [6, 6.07) is 10.9. The van der Waals surface area contributed by atoms with E-state index in [1.807, 2.05) is 13.8 Å². The van der Waals surface area contributed by atoms with Gasteiger partial charge in [0, 0.05) is 24.2 Å². The summed E-state index contributed by atoms with van der Waals surface area (Å²) in [4.78, 5) is 47.7. The summed E-state index contributed by atoms with van der Waals surface area (Å²) < 4.78 is 10.1. The Balaban J connectivity index is 1.65. The van der Waals surface area contributed by atoms with Crippen LogP contribution in [0.5, 0.6) is 0 Å². The second-order valence-electron chi connectivity index (χ2n) is 7.81. The summed E-state index contributed by atoms with van der Waals surface area (Å²) in [6.45, 7) is 3.77. The van der Waals surface area contributed by atoms with Gasteiger partial charge in [0.2, 0.25) is 5.91 Å². The number of amides is 2. The zero-order valence-corrected chi connectivity index (χ0v) is 20.4. The third-order valence-electron chi connectivity index (χ3n) is 4.30. The lowest BCUT2D eigenvalue weighted by molar-refractivity contribution is -0.147. The van der Waals surface area contributed by atoms with Crippen molar-refractivity contribution in [2.45, 2.75) is 33.1 Å². The van der Waals surface area contributed by atoms with Crippen LogP contribution in [0.3, 0.4) is 0 Å². The Morgan fingerprint density at radius 2 is 1.47 bits per heavy atom. The standard InChI is InChI=1S/C24H26Cl2N2O6/c1-15(2)13-34-24(32)16-6-8-17(9-7-16)27-21(29)4-3-5-23(31)33-14-22(30)28-18-10-11-19(25)20(26)12-18/h6-12,15H,3-5,13-14H2,1-2H3,(H,27,29)(H,28,30). The molecule has 2 aromatic rings. The van der Waals surface area contributed by atoms with Gasteiger partial charge in [-0.2, -0.15) is 0 Å². The van der Waals surface area contributed by atoms with Gasteiger partial charge in [0.05, 0.1) is 22.2 Å². The third kappa shape index (κ3) is 9.80. The number of hydrogen-bond donors (Lipinski definition) is 2. The maximum absolute atomic E-state index is 12.1. The fourth-order valence-corrected chi connectivity index (χ4v) is 2.92. The van der Waals surface area contributed by atoms with Crippen molar-refractivity contribution in [3.63, 3.8) is 0 Å². The van der Waals surface area contributed by atoms with Crippen molar-refractivity contribution in [3.05, 3.63) is 58.1 Å². The molecule has 0 unspecified atom stereocenters. The zero-order chi connectivity index (χ0) is 25.1. The highest BCUT2D eigenvalue weighted by atomic mass is 35.5. The molecule has 0 radical (unpaired) electrons. The van der Waals surface area contributed by atoms with Gasteiger partial charge >= 0.3 is 11.9 Å². The molecule has 0 heterocycles. The molecule has 0 aliphatic carbocycles. The van der Waals surface area contributed by atoms with Crippen LogP contribution >= 0.6 is 23.2 Å². The molecule has 0 atom stereocenters. The fourth-order valence-electron chi connectivity index (χ4n) is 2.62. The lowest BCUT2D eigenvalue weighted by Crippen LogP contribution is -2.21. The number of esters is 2. The van der Waals surface area contributed by atoms with Crippen LogP contribution in [0.2, 0.25) is 10.0 Å². The van der Waals surface area contributed by atoms with Crippen LogP contribution in [-0.2, 0) is 23.9 Å².